The van der Waals surface area contributed by atoms with Gasteiger partial charge in [-0.1, -0.05) is 0 Å². The van der Waals surface area contributed by atoms with Gasteiger partial charge in [0, 0.05) is 13.2 Å². The molecule has 2 heterocycles. The Morgan fingerprint density at radius 3 is 2.79 bits per heavy atom. The zero-order valence-corrected chi connectivity index (χ0v) is 8.82. The first-order chi connectivity index (χ1) is 6.68. The normalized spacial score (nSPS) is 13.1. The number of aryl methyl sites for hydroxylation is 1. The molecule has 1 N–H and O–H groups in total. The van der Waals surface area contributed by atoms with Crippen molar-refractivity contribution in [3.05, 3.63) is 23.6 Å². The van der Waals surface area contributed by atoms with Crippen LogP contribution in [0.5, 0.6) is 0 Å². The van der Waals surface area contributed by atoms with Crippen LogP contribution in [-0.4, -0.2) is 19.6 Å². The Bertz CT molecular complexity index is 433. The second-order valence-corrected chi connectivity index (χ2v) is 4.20. The van der Waals surface area contributed by atoms with Crippen molar-refractivity contribution in [3.8, 4) is 10.7 Å². The van der Waals surface area contributed by atoms with E-state index >= 15 is 0 Å². The smallest absolute Gasteiger partial charge is 0.141 e. The van der Waals surface area contributed by atoms with Gasteiger partial charge in [0.2, 0.25) is 0 Å². The summed E-state index contributed by atoms with van der Waals surface area (Å²) in [5.41, 5.74) is 0.974. The standard InChI is InChI=1S/C9H11N3OS/c1-6(13)8-4-11-9(14-8)7-3-10-5-12(7)2/h3-6,13H,1-2H3. The molecule has 0 saturated carbocycles. The maximum atomic E-state index is 9.35. The molecule has 2 aromatic rings. The summed E-state index contributed by atoms with van der Waals surface area (Å²) in [7, 11) is 1.92. The van der Waals surface area contributed by atoms with Crippen molar-refractivity contribution in [3.63, 3.8) is 0 Å². The fourth-order valence-electron chi connectivity index (χ4n) is 1.16. The zero-order chi connectivity index (χ0) is 10.1. The van der Waals surface area contributed by atoms with Crippen molar-refractivity contribution in [2.75, 3.05) is 0 Å². The molecule has 0 radical (unpaired) electrons. The molecule has 0 bridgehead atoms. The molecule has 0 saturated heterocycles. The summed E-state index contributed by atoms with van der Waals surface area (Å²) in [5, 5.41) is 10.2. The highest BCUT2D eigenvalue weighted by Gasteiger charge is 2.10. The molecule has 0 amide bonds. The summed E-state index contributed by atoms with van der Waals surface area (Å²) in [5.74, 6) is 0. The summed E-state index contributed by atoms with van der Waals surface area (Å²) < 4.78 is 1.91. The maximum absolute atomic E-state index is 9.35. The molecule has 5 heteroatoms. The van der Waals surface area contributed by atoms with E-state index in [9.17, 15) is 5.11 Å². The van der Waals surface area contributed by atoms with Gasteiger partial charge in [0.15, 0.2) is 0 Å². The molecule has 2 rings (SSSR count). The van der Waals surface area contributed by atoms with Gasteiger partial charge in [0.1, 0.15) is 5.01 Å². The van der Waals surface area contributed by atoms with E-state index in [-0.39, 0.29) is 0 Å². The van der Waals surface area contributed by atoms with Gasteiger partial charge in [-0.15, -0.1) is 11.3 Å². The average Bonchev–Trinajstić information content (AvgIpc) is 2.71. The summed E-state index contributed by atoms with van der Waals surface area (Å²) >= 11 is 1.49. The van der Waals surface area contributed by atoms with Gasteiger partial charge in [0.05, 0.1) is 29.2 Å². The highest BCUT2D eigenvalue weighted by atomic mass is 32.1. The predicted molar refractivity (Wildman–Crippen MR) is 54.9 cm³/mol. The minimum absolute atomic E-state index is 0.450. The highest BCUT2D eigenvalue weighted by Crippen LogP contribution is 2.27. The van der Waals surface area contributed by atoms with Crippen LogP contribution in [0, 0.1) is 0 Å². The molecule has 1 unspecified atom stereocenters. The van der Waals surface area contributed by atoms with Gasteiger partial charge in [-0.25, -0.2) is 9.97 Å². The Morgan fingerprint density at radius 2 is 2.29 bits per heavy atom. The number of aliphatic hydroxyl groups is 1. The van der Waals surface area contributed by atoms with Crippen LogP contribution < -0.4 is 0 Å². The van der Waals surface area contributed by atoms with E-state index in [1.807, 2.05) is 11.6 Å². The number of aromatic nitrogens is 3. The Labute approximate surface area is 85.9 Å². The molecule has 2 aromatic heterocycles. The van der Waals surface area contributed by atoms with Gasteiger partial charge in [-0.3, -0.25) is 0 Å². The Morgan fingerprint density at radius 1 is 1.50 bits per heavy atom. The van der Waals surface area contributed by atoms with E-state index in [0.29, 0.717) is 0 Å². The molecule has 0 aromatic carbocycles. The lowest BCUT2D eigenvalue weighted by Crippen LogP contribution is -1.87. The second kappa shape index (κ2) is 3.51. The predicted octanol–water partition coefficient (Wildman–Crippen LogP) is 1.60. The molecule has 0 aliphatic heterocycles. The van der Waals surface area contributed by atoms with Crippen molar-refractivity contribution < 1.29 is 5.11 Å². The van der Waals surface area contributed by atoms with Crippen LogP contribution in [0.3, 0.4) is 0 Å². The van der Waals surface area contributed by atoms with E-state index in [0.717, 1.165) is 15.6 Å². The molecular weight excluding hydrogens is 198 g/mol. The molecule has 4 nitrogen and oxygen atoms in total. The number of hydrogen-bond acceptors (Lipinski definition) is 4. The quantitative estimate of drug-likeness (QED) is 0.817. The lowest BCUT2D eigenvalue weighted by molar-refractivity contribution is 0.203. The first-order valence-electron chi connectivity index (χ1n) is 4.29. The SMILES string of the molecule is CC(O)c1cnc(-c2cncn2C)s1. The third-order valence-electron chi connectivity index (χ3n) is 1.97. The second-order valence-electron chi connectivity index (χ2n) is 3.13. The van der Waals surface area contributed by atoms with E-state index in [4.69, 9.17) is 0 Å². The largest absolute Gasteiger partial charge is 0.388 e. The van der Waals surface area contributed by atoms with Crippen LogP contribution in [0.1, 0.15) is 17.9 Å². The lowest BCUT2D eigenvalue weighted by Gasteiger charge is -1.97. The fourth-order valence-corrected chi connectivity index (χ4v) is 2.07. The number of nitrogens with zero attached hydrogens (tertiary/aromatic N) is 3. The number of rotatable bonds is 2. The molecule has 74 valence electrons. The molecule has 0 aliphatic carbocycles. The Balaban J connectivity index is 2.39. The Hall–Kier alpha value is -1.20. The maximum Gasteiger partial charge on any atom is 0.141 e. The summed E-state index contributed by atoms with van der Waals surface area (Å²) in [4.78, 5) is 9.13. The van der Waals surface area contributed by atoms with Gasteiger partial charge >= 0.3 is 0 Å². The van der Waals surface area contributed by atoms with Crippen molar-refractivity contribution in [2.24, 2.45) is 7.05 Å². The van der Waals surface area contributed by atoms with Crippen LogP contribution in [0.2, 0.25) is 0 Å². The molecular formula is C9H11N3OS. The van der Waals surface area contributed by atoms with E-state index in [1.54, 1.807) is 25.6 Å². The summed E-state index contributed by atoms with van der Waals surface area (Å²) in [6.07, 6.45) is 4.76. The van der Waals surface area contributed by atoms with Crippen LogP contribution in [0.4, 0.5) is 0 Å². The highest BCUT2D eigenvalue weighted by molar-refractivity contribution is 7.15. The average molecular weight is 209 g/mol. The van der Waals surface area contributed by atoms with Crippen molar-refractivity contribution in [1.29, 1.82) is 0 Å². The van der Waals surface area contributed by atoms with Crippen molar-refractivity contribution >= 4 is 11.3 Å². The third-order valence-corrected chi connectivity index (χ3v) is 3.16. The van der Waals surface area contributed by atoms with Gasteiger partial charge in [0.25, 0.3) is 0 Å². The number of aliphatic hydroxyl groups excluding tert-OH is 1. The van der Waals surface area contributed by atoms with Crippen molar-refractivity contribution in [1.82, 2.24) is 14.5 Å². The van der Waals surface area contributed by atoms with Gasteiger partial charge < -0.3 is 9.67 Å². The minimum Gasteiger partial charge on any atom is -0.388 e. The summed E-state index contributed by atoms with van der Waals surface area (Å²) in [6.45, 7) is 1.74. The van der Waals surface area contributed by atoms with Crippen LogP contribution in [0.15, 0.2) is 18.7 Å². The number of hydrogen-bond donors (Lipinski definition) is 1. The lowest BCUT2D eigenvalue weighted by atomic mass is 10.4. The first kappa shape index (κ1) is 9.36. The summed E-state index contributed by atoms with van der Waals surface area (Å²) in [6, 6.07) is 0. The topological polar surface area (TPSA) is 50.9 Å². The van der Waals surface area contributed by atoms with Crippen LogP contribution in [0.25, 0.3) is 10.7 Å². The van der Waals surface area contributed by atoms with Gasteiger partial charge in [-0.05, 0) is 6.92 Å². The molecule has 14 heavy (non-hydrogen) atoms. The third kappa shape index (κ3) is 1.56. The Kier molecular flexibility index (Phi) is 2.35. The zero-order valence-electron chi connectivity index (χ0n) is 8.01. The monoisotopic (exact) mass is 209 g/mol. The molecule has 0 fully saturated rings. The van der Waals surface area contributed by atoms with E-state index in [1.165, 1.54) is 11.3 Å². The number of imidazole rings is 1. The van der Waals surface area contributed by atoms with Crippen molar-refractivity contribution in [2.45, 2.75) is 13.0 Å². The number of thiazole rings is 1. The molecule has 0 spiro atoms. The molecule has 1 atom stereocenters. The van der Waals surface area contributed by atoms with Crippen LogP contribution >= 0.6 is 11.3 Å². The van der Waals surface area contributed by atoms with E-state index in [2.05, 4.69) is 9.97 Å². The van der Waals surface area contributed by atoms with Crippen LogP contribution in [-0.2, 0) is 7.05 Å². The fraction of sp³-hybridized carbons (Fsp3) is 0.333. The minimum atomic E-state index is -0.450. The van der Waals surface area contributed by atoms with Gasteiger partial charge in [-0.2, -0.15) is 0 Å². The molecule has 0 aliphatic rings. The first-order valence-corrected chi connectivity index (χ1v) is 5.10. The van der Waals surface area contributed by atoms with E-state index < -0.39 is 6.10 Å².